The second-order valence-electron chi connectivity index (χ2n) is 5.66. The van der Waals surface area contributed by atoms with Crippen LogP contribution in [0.2, 0.25) is 5.02 Å². The largest absolute Gasteiger partial charge is 0.495 e. The molecule has 0 fully saturated rings. The van der Waals surface area contributed by atoms with Gasteiger partial charge >= 0.3 is 0 Å². The molecule has 1 heterocycles. The lowest BCUT2D eigenvalue weighted by Crippen LogP contribution is -2.25. The van der Waals surface area contributed by atoms with Crippen LogP contribution in [0.25, 0.3) is 0 Å². The first kappa shape index (κ1) is 17.6. The SMILES string of the molecule is COc1ccc(Cl)cc1NS(=O)(=O)c1ccc2c(c1)CCN2C(C)=O. The van der Waals surface area contributed by atoms with Crippen molar-refractivity contribution in [3.8, 4) is 5.75 Å². The molecule has 0 saturated carbocycles. The highest BCUT2D eigenvalue weighted by molar-refractivity contribution is 7.92. The van der Waals surface area contributed by atoms with E-state index in [1.165, 1.54) is 26.2 Å². The second-order valence-corrected chi connectivity index (χ2v) is 7.78. The molecule has 132 valence electrons. The van der Waals surface area contributed by atoms with Gasteiger partial charge in [-0.1, -0.05) is 11.6 Å². The molecule has 0 radical (unpaired) electrons. The number of halogens is 1. The molecule has 0 atom stereocenters. The summed E-state index contributed by atoms with van der Waals surface area (Å²) in [5.41, 5.74) is 1.85. The quantitative estimate of drug-likeness (QED) is 0.884. The van der Waals surface area contributed by atoms with Crippen LogP contribution in [0.3, 0.4) is 0 Å². The minimum Gasteiger partial charge on any atom is -0.495 e. The maximum Gasteiger partial charge on any atom is 0.262 e. The van der Waals surface area contributed by atoms with E-state index in [4.69, 9.17) is 16.3 Å². The minimum atomic E-state index is -3.81. The number of sulfonamides is 1. The van der Waals surface area contributed by atoms with Gasteiger partial charge in [-0.05, 0) is 48.4 Å². The summed E-state index contributed by atoms with van der Waals surface area (Å²) in [6, 6.07) is 9.44. The molecule has 0 saturated heterocycles. The summed E-state index contributed by atoms with van der Waals surface area (Å²) in [5.74, 6) is 0.313. The molecule has 1 aliphatic heterocycles. The van der Waals surface area contributed by atoms with Gasteiger partial charge in [-0.15, -0.1) is 0 Å². The number of rotatable bonds is 4. The first-order valence-electron chi connectivity index (χ1n) is 7.59. The molecular formula is C17H17ClN2O4S. The molecule has 1 N–H and O–H groups in total. The van der Waals surface area contributed by atoms with Crippen molar-refractivity contribution >= 4 is 38.9 Å². The van der Waals surface area contributed by atoms with Crippen LogP contribution >= 0.6 is 11.6 Å². The Morgan fingerprint density at radius 3 is 2.68 bits per heavy atom. The lowest BCUT2D eigenvalue weighted by atomic mass is 10.2. The summed E-state index contributed by atoms with van der Waals surface area (Å²) in [5, 5.41) is 0.393. The zero-order valence-corrected chi connectivity index (χ0v) is 15.3. The van der Waals surface area contributed by atoms with Crippen molar-refractivity contribution in [1.29, 1.82) is 0 Å². The van der Waals surface area contributed by atoms with E-state index in [0.29, 0.717) is 23.7 Å². The third kappa shape index (κ3) is 3.43. The molecule has 2 aromatic rings. The van der Waals surface area contributed by atoms with Crippen LogP contribution in [0.15, 0.2) is 41.3 Å². The monoisotopic (exact) mass is 380 g/mol. The van der Waals surface area contributed by atoms with Crippen LogP contribution in [0.4, 0.5) is 11.4 Å². The third-order valence-electron chi connectivity index (χ3n) is 4.04. The maximum absolute atomic E-state index is 12.7. The maximum atomic E-state index is 12.7. The van der Waals surface area contributed by atoms with Gasteiger partial charge in [-0.2, -0.15) is 0 Å². The molecule has 1 amide bonds. The van der Waals surface area contributed by atoms with Crippen LogP contribution in [-0.4, -0.2) is 28.0 Å². The van der Waals surface area contributed by atoms with Gasteiger partial charge in [-0.3, -0.25) is 9.52 Å². The summed E-state index contributed by atoms with van der Waals surface area (Å²) < 4.78 is 33.1. The summed E-state index contributed by atoms with van der Waals surface area (Å²) in [6.45, 7) is 2.05. The number of anilines is 2. The van der Waals surface area contributed by atoms with E-state index in [1.54, 1.807) is 29.2 Å². The third-order valence-corrected chi connectivity index (χ3v) is 5.64. The summed E-state index contributed by atoms with van der Waals surface area (Å²) >= 11 is 5.94. The lowest BCUT2D eigenvalue weighted by Gasteiger charge is -2.15. The number of ether oxygens (including phenoxy) is 1. The molecule has 25 heavy (non-hydrogen) atoms. The predicted octanol–water partition coefficient (Wildman–Crippen LogP) is 3.06. The Balaban J connectivity index is 1.94. The normalized spacial score (nSPS) is 13.5. The van der Waals surface area contributed by atoms with Gasteiger partial charge < -0.3 is 9.64 Å². The first-order valence-corrected chi connectivity index (χ1v) is 9.45. The van der Waals surface area contributed by atoms with Crippen molar-refractivity contribution in [2.24, 2.45) is 0 Å². The van der Waals surface area contributed by atoms with Crippen LogP contribution in [0, 0.1) is 0 Å². The average Bonchev–Trinajstić information content (AvgIpc) is 2.98. The number of amides is 1. The van der Waals surface area contributed by atoms with Crippen LogP contribution < -0.4 is 14.4 Å². The second kappa shape index (κ2) is 6.57. The number of benzene rings is 2. The molecule has 0 bridgehead atoms. The van der Waals surface area contributed by atoms with Crippen molar-refractivity contribution in [2.75, 3.05) is 23.3 Å². The van der Waals surface area contributed by atoms with Crippen LogP contribution in [-0.2, 0) is 21.2 Å². The van der Waals surface area contributed by atoms with Gasteiger partial charge in [-0.25, -0.2) is 8.42 Å². The fourth-order valence-electron chi connectivity index (χ4n) is 2.84. The number of hydrogen-bond acceptors (Lipinski definition) is 4. The van der Waals surface area contributed by atoms with E-state index in [-0.39, 0.29) is 16.5 Å². The Morgan fingerprint density at radius 2 is 2.00 bits per heavy atom. The molecule has 0 unspecified atom stereocenters. The van der Waals surface area contributed by atoms with Crippen molar-refractivity contribution in [3.63, 3.8) is 0 Å². The first-order chi connectivity index (χ1) is 11.8. The fraction of sp³-hybridized carbons (Fsp3) is 0.235. The van der Waals surface area contributed by atoms with Crippen molar-refractivity contribution in [3.05, 3.63) is 47.0 Å². The zero-order chi connectivity index (χ0) is 18.2. The molecule has 3 rings (SSSR count). The Labute approximate surface area is 151 Å². The van der Waals surface area contributed by atoms with Gasteiger partial charge in [0.05, 0.1) is 17.7 Å². The van der Waals surface area contributed by atoms with Gasteiger partial charge in [0, 0.05) is 24.2 Å². The topological polar surface area (TPSA) is 75.7 Å². The molecular weight excluding hydrogens is 364 g/mol. The summed E-state index contributed by atoms with van der Waals surface area (Å²) in [4.78, 5) is 13.4. The lowest BCUT2D eigenvalue weighted by molar-refractivity contribution is -0.116. The Kier molecular flexibility index (Phi) is 4.62. The van der Waals surface area contributed by atoms with Crippen LogP contribution in [0.5, 0.6) is 5.75 Å². The number of fused-ring (bicyclic) bond motifs is 1. The Bertz CT molecular complexity index is 944. The smallest absolute Gasteiger partial charge is 0.262 e. The molecule has 6 nitrogen and oxygen atoms in total. The Morgan fingerprint density at radius 1 is 1.24 bits per heavy atom. The minimum absolute atomic E-state index is 0.0591. The van der Waals surface area contributed by atoms with Gasteiger partial charge in [0.15, 0.2) is 0 Å². The number of carbonyl (C=O) groups excluding carboxylic acids is 1. The number of nitrogens with zero attached hydrogens (tertiary/aromatic N) is 1. The summed E-state index contributed by atoms with van der Waals surface area (Å²) in [6.07, 6.45) is 0.624. The standard InChI is InChI=1S/C17H17ClN2O4S/c1-11(21)20-8-7-12-9-14(4-5-16(12)20)25(22,23)19-15-10-13(18)3-6-17(15)24-2/h3-6,9-10,19H,7-8H2,1-2H3. The highest BCUT2D eigenvalue weighted by Gasteiger charge is 2.25. The molecule has 0 aromatic heterocycles. The molecule has 1 aliphatic rings. The molecule has 8 heteroatoms. The number of hydrogen-bond donors (Lipinski definition) is 1. The van der Waals surface area contributed by atoms with E-state index in [1.807, 2.05) is 0 Å². The number of nitrogens with one attached hydrogen (secondary N) is 1. The van der Waals surface area contributed by atoms with E-state index in [0.717, 1.165) is 11.3 Å². The van der Waals surface area contributed by atoms with Crippen LogP contribution in [0.1, 0.15) is 12.5 Å². The van der Waals surface area contributed by atoms with Crippen molar-refractivity contribution in [1.82, 2.24) is 0 Å². The van der Waals surface area contributed by atoms with Crippen molar-refractivity contribution < 1.29 is 17.9 Å². The average molecular weight is 381 g/mol. The van der Waals surface area contributed by atoms with E-state index >= 15 is 0 Å². The fourth-order valence-corrected chi connectivity index (χ4v) is 4.12. The van der Waals surface area contributed by atoms with Gasteiger partial charge in [0.1, 0.15) is 5.75 Å². The van der Waals surface area contributed by atoms with E-state index in [2.05, 4.69) is 4.72 Å². The van der Waals surface area contributed by atoms with Gasteiger partial charge in [0.25, 0.3) is 10.0 Å². The van der Waals surface area contributed by atoms with E-state index < -0.39 is 10.0 Å². The highest BCUT2D eigenvalue weighted by atomic mass is 35.5. The molecule has 0 spiro atoms. The number of carbonyl (C=O) groups is 1. The zero-order valence-electron chi connectivity index (χ0n) is 13.7. The van der Waals surface area contributed by atoms with E-state index in [9.17, 15) is 13.2 Å². The summed E-state index contributed by atoms with van der Waals surface area (Å²) in [7, 11) is -2.36. The molecule has 0 aliphatic carbocycles. The van der Waals surface area contributed by atoms with Crippen molar-refractivity contribution in [2.45, 2.75) is 18.2 Å². The van der Waals surface area contributed by atoms with Gasteiger partial charge in [0.2, 0.25) is 5.91 Å². The number of methoxy groups -OCH3 is 1. The highest BCUT2D eigenvalue weighted by Crippen LogP contribution is 2.33. The molecule has 2 aromatic carbocycles. The Hall–Kier alpha value is -2.25. The predicted molar refractivity (Wildman–Crippen MR) is 97.0 cm³/mol.